The normalized spacial score (nSPS) is 33.7. The van der Waals surface area contributed by atoms with Gasteiger partial charge in [0.2, 0.25) is 0 Å². The van der Waals surface area contributed by atoms with E-state index in [1.54, 1.807) is 0 Å². The SMILES string of the molecule is CCC1C[C@]2(F)CC(C)CC(C2)[C@@H]1NC(=O)NCCCn1cncc1C. The van der Waals surface area contributed by atoms with Crippen LogP contribution in [0.2, 0.25) is 0 Å². The highest BCUT2D eigenvalue weighted by atomic mass is 19.1. The highest BCUT2D eigenvalue weighted by Gasteiger charge is 2.50. The van der Waals surface area contributed by atoms with E-state index in [1.807, 2.05) is 19.4 Å². The smallest absolute Gasteiger partial charge is 0.315 e. The Balaban J connectivity index is 1.48. The molecule has 0 aliphatic heterocycles. The Kier molecular flexibility index (Phi) is 5.88. The number of alkyl halides is 1. The van der Waals surface area contributed by atoms with Crippen LogP contribution in [0.25, 0.3) is 0 Å². The van der Waals surface area contributed by atoms with Crippen molar-refractivity contribution >= 4 is 6.03 Å². The molecule has 0 radical (unpaired) electrons. The largest absolute Gasteiger partial charge is 0.338 e. The number of aryl methyl sites for hydroxylation is 2. The first-order chi connectivity index (χ1) is 12.4. The molecule has 2 aliphatic carbocycles. The molecule has 0 saturated heterocycles. The fraction of sp³-hybridized carbons (Fsp3) is 0.800. The second-order valence-electron chi connectivity index (χ2n) is 8.54. The molecule has 0 spiro atoms. The highest BCUT2D eigenvalue weighted by molar-refractivity contribution is 5.74. The fourth-order valence-corrected chi connectivity index (χ4v) is 5.19. The zero-order valence-electron chi connectivity index (χ0n) is 16.3. The first-order valence-corrected chi connectivity index (χ1v) is 10.1. The van der Waals surface area contributed by atoms with Gasteiger partial charge in [-0.05, 0) is 56.8 Å². The van der Waals surface area contributed by atoms with Crippen molar-refractivity contribution in [3.05, 3.63) is 18.2 Å². The Labute approximate surface area is 156 Å². The highest BCUT2D eigenvalue weighted by Crippen LogP contribution is 2.50. The lowest BCUT2D eigenvalue weighted by Gasteiger charge is -2.50. The van der Waals surface area contributed by atoms with Gasteiger partial charge in [-0.15, -0.1) is 0 Å². The summed E-state index contributed by atoms with van der Waals surface area (Å²) in [5, 5.41) is 6.16. The van der Waals surface area contributed by atoms with Gasteiger partial charge in [-0.1, -0.05) is 20.3 Å². The molecule has 1 aromatic heterocycles. The number of carbonyl (C=O) groups is 1. The number of hydrogen-bond acceptors (Lipinski definition) is 2. The van der Waals surface area contributed by atoms with Crippen molar-refractivity contribution in [2.45, 2.75) is 77.6 Å². The van der Waals surface area contributed by atoms with E-state index in [9.17, 15) is 4.79 Å². The number of urea groups is 1. The number of aromatic nitrogens is 2. The number of nitrogens with zero attached hydrogens (tertiary/aromatic N) is 2. The number of carbonyl (C=O) groups excluding carboxylic acids is 1. The molecular formula is C20H33FN4O. The Morgan fingerprint density at radius 2 is 2.23 bits per heavy atom. The van der Waals surface area contributed by atoms with Crippen molar-refractivity contribution in [2.24, 2.45) is 17.8 Å². The van der Waals surface area contributed by atoms with Gasteiger partial charge in [0.05, 0.1) is 6.33 Å². The summed E-state index contributed by atoms with van der Waals surface area (Å²) < 4.78 is 17.2. The Morgan fingerprint density at radius 1 is 1.42 bits per heavy atom. The standard InChI is InChI=1S/C20H33FN4O/c1-4-16-10-20(21)9-14(2)8-17(11-20)18(16)24-19(26)23-6-5-7-25-13-22-12-15(25)3/h12-14,16-18H,4-11H2,1-3H3,(H2,23,24,26)/t14?,16?,17?,18-,20-/m1/s1. The van der Waals surface area contributed by atoms with E-state index < -0.39 is 5.67 Å². The van der Waals surface area contributed by atoms with Crippen LogP contribution in [0, 0.1) is 24.7 Å². The van der Waals surface area contributed by atoms with Gasteiger partial charge in [-0.3, -0.25) is 0 Å². The molecule has 5 nitrogen and oxygen atoms in total. The third kappa shape index (κ3) is 4.38. The molecule has 3 unspecified atom stereocenters. The first kappa shape index (κ1) is 19.2. The van der Waals surface area contributed by atoms with Crippen molar-refractivity contribution in [3.63, 3.8) is 0 Å². The predicted octanol–water partition coefficient (Wildman–Crippen LogP) is 3.82. The zero-order chi connectivity index (χ0) is 18.7. The predicted molar refractivity (Wildman–Crippen MR) is 101 cm³/mol. The molecule has 1 aromatic rings. The van der Waals surface area contributed by atoms with E-state index in [4.69, 9.17) is 0 Å². The molecule has 3 rings (SSSR count). The second kappa shape index (κ2) is 7.97. The average molecular weight is 365 g/mol. The summed E-state index contributed by atoms with van der Waals surface area (Å²) in [7, 11) is 0. The molecule has 1 heterocycles. The zero-order valence-corrected chi connectivity index (χ0v) is 16.3. The average Bonchev–Trinajstić information content (AvgIpc) is 2.98. The summed E-state index contributed by atoms with van der Waals surface area (Å²) in [6.45, 7) is 7.75. The van der Waals surface area contributed by atoms with Gasteiger partial charge in [0.15, 0.2) is 0 Å². The first-order valence-electron chi connectivity index (χ1n) is 10.1. The Bertz CT molecular complexity index is 619. The van der Waals surface area contributed by atoms with Crippen molar-refractivity contribution in [3.8, 4) is 0 Å². The van der Waals surface area contributed by atoms with Crippen LogP contribution in [-0.2, 0) is 6.54 Å². The topological polar surface area (TPSA) is 59.0 Å². The molecule has 26 heavy (non-hydrogen) atoms. The van der Waals surface area contributed by atoms with E-state index >= 15 is 4.39 Å². The van der Waals surface area contributed by atoms with Gasteiger partial charge in [-0.25, -0.2) is 14.2 Å². The van der Waals surface area contributed by atoms with Crippen molar-refractivity contribution in [1.29, 1.82) is 0 Å². The summed E-state index contributed by atoms with van der Waals surface area (Å²) in [5.41, 5.74) is 0.115. The molecule has 0 aromatic carbocycles. The van der Waals surface area contributed by atoms with Crippen LogP contribution in [-0.4, -0.2) is 33.8 Å². The maximum atomic E-state index is 15.1. The number of rotatable bonds is 6. The summed E-state index contributed by atoms with van der Waals surface area (Å²) in [6, 6.07) is -0.0112. The van der Waals surface area contributed by atoms with Gasteiger partial charge in [0.25, 0.3) is 0 Å². The number of halogens is 1. The Morgan fingerprint density at radius 3 is 2.92 bits per heavy atom. The molecule has 146 valence electrons. The van der Waals surface area contributed by atoms with Gasteiger partial charge in [0.1, 0.15) is 5.67 Å². The van der Waals surface area contributed by atoms with E-state index in [2.05, 4.69) is 34.0 Å². The minimum atomic E-state index is -1.01. The summed E-state index contributed by atoms with van der Waals surface area (Å²) >= 11 is 0. The summed E-state index contributed by atoms with van der Waals surface area (Å²) in [5.74, 6) is 0.912. The maximum Gasteiger partial charge on any atom is 0.315 e. The minimum Gasteiger partial charge on any atom is -0.338 e. The van der Waals surface area contributed by atoms with Gasteiger partial charge in [0, 0.05) is 31.0 Å². The maximum absolute atomic E-state index is 15.1. The lowest BCUT2D eigenvalue weighted by Crippen LogP contribution is -2.57. The lowest BCUT2D eigenvalue weighted by molar-refractivity contribution is -0.0368. The van der Waals surface area contributed by atoms with Crippen LogP contribution in [0.1, 0.15) is 58.1 Å². The van der Waals surface area contributed by atoms with Crippen LogP contribution < -0.4 is 10.6 Å². The molecular weight excluding hydrogens is 331 g/mol. The van der Waals surface area contributed by atoms with E-state index in [0.717, 1.165) is 31.5 Å². The van der Waals surface area contributed by atoms with Crippen LogP contribution in [0.4, 0.5) is 9.18 Å². The van der Waals surface area contributed by atoms with Crippen LogP contribution in [0.5, 0.6) is 0 Å². The lowest BCUT2D eigenvalue weighted by atomic mass is 9.60. The van der Waals surface area contributed by atoms with Crippen LogP contribution >= 0.6 is 0 Å². The van der Waals surface area contributed by atoms with Gasteiger partial charge >= 0.3 is 6.03 Å². The minimum absolute atomic E-state index is 0.0996. The molecule has 5 atom stereocenters. The number of imidazole rings is 1. The number of nitrogens with one attached hydrogen (secondary N) is 2. The molecule has 2 fully saturated rings. The quantitative estimate of drug-likeness (QED) is 0.754. The number of fused-ring (bicyclic) bond motifs is 2. The summed E-state index contributed by atoms with van der Waals surface area (Å²) in [6.07, 6.45) is 8.34. The van der Waals surface area contributed by atoms with Crippen molar-refractivity contribution in [2.75, 3.05) is 6.54 Å². The third-order valence-corrected chi connectivity index (χ3v) is 6.30. The Hall–Kier alpha value is -1.59. The molecule has 2 N–H and O–H groups in total. The molecule has 6 heteroatoms. The monoisotopic (exact) mass is 364 g/mol. The fourth-order valence-electron chi connectivity index (χ4n) is 5.19. The van der Waals surface area contributed by atoms with Gasteiger partial charge < -0.3 is 15.2 Å². The molecule has 2 saturated carbocycles. The molecule has 2 amide bonds. The van der Waals surface area contributed by atoms with Crippen LogP contribution in [0.3, 0.4) is 0 Å². The number of amides is 2. The molecule has 2 aliphatic rings. The van der Waals surface area contributed by atoms with Crippen LogP contribution in [0.15, 0.2) is 12.5 Å². The van der Waals surface area contributed by atoms with E-state index in [0.29, 0.717) is 31.7 Å². The van der Waals surface area contributed by atoms with E-state index in [-0.39, 0.29) is 23.9 Å². The van der Waals surface area contributed by atoms with E-state index in [1.165, 1.54) is 0 Å². The molecule has 2 bridgehead atoms. The number of hydrogen-bond donors (Lipinski definition) is 2. The van der Waals surface area contributed by atoms with Crippen molar-refractivity contribution < 1.29 is 9.18 Å². The third-order valence-electron chi connectivity index (χ3n) is 6.30. The van der Waals surface area contributed by atoms with Gasteiger partial charge in [-0.2, -0.15) is 0 Å². The van der Waals surface area contributed by atoms with Crippen molar-refractivity contribution in [1.82, 2.24) is 20.2 Å². The summed E-state index contributed by atoms with van der Waals surface area (Å²) in [4.78, 5) is 16.5. The second-order valence-corrected chi connectivity index (χ2v) is 8.54.